The van der Waals surface area contributed by atoms with Crippen molar-refractivity contribution in [2.45, 2.75) is 6.04 Å². The Morgan fingerprint density at radius 3 is 2.29 bits per heavy atom. The highest BCUT2D eigenvalue weighted by Crippen LogP contribution is 2.33. The second kappa shape index (κ2) is 5.94. The molecule has 0 radical (unpaired) electrons. The third-order valence-electron chi connectivity index (χ3n) is 1.81. The van der Waals surface area contributed by atoms with Gasteiger partial charge in [-0.15, -0.1) is 0 Å². The Kier molecular flexibility index (Phi) is 5.65. The Hall–Kier alpha value is -0.670. The van der Waals surface area contributed by atoms with Gasteiger partial charge < -0.3 is 15.3 Å². The molecular formula is C8H17N2O3P. The molecule has 0 heterocycles. The summed E-state index contributed by atoms with van der Waals surface area (Å²) >= 11 is 0. The molecule has 0 aromatic heterocycles. The first-order valence-electron chi connectivity index (χ1n) is 4.22. The third-order valence-corrected chi connectivity index (χ3v) is 3.78. The van der Waals surface area contributed by atoms with Crippen LogP contribution in [0.2, 0.25) is 0 Å². The fourth-order valence-electron chi connectivity index (χ4n) is 0.986. The van der Waals surface area contributed by atoms with E-state index in [1.165, 1.54) is 4.90 Å². The van der Waals surface area contributed by atoms with Crippen LogP contribution >= 0.6 is 7.92 Å². The lowest BCUT2D eigenvalue weighted by Gasteiger charge is -2.19. The molecule has 0 aliphatic carbocycles. The summed E-state index contributed by atoms with van der Waals surface area (Å²) in [4.78, 5) is 23.6. The summed E-state index contributed by atoms with van der Waals surface area (Å²) in [5.74, 6) is -0.909. The molecule has 0 saturated carbocycles. The molecule has 2 atom stereocenters. The topological polar surface area (TPSA) is 69.6 Å². The highest BCUT2D eigenvalue weighted by Gasteiger charge is 2.23. The van der Waals surface area contributed by atoms with Gasteiger partial charge in [-0.3, -0.25) is 9.59 Å². The lowest BCUT2D eigenvalue weighted by atomic mass is 10.3. The number of hydrogen-bond donors (Lipinski definition) is 2. The van der Waals surface area contributed by atoms with Crippen molar-refractivity contribution >= 4 is 19.5 Å². The molecule has 0 rings (SSSR count). The molecule has 0 aliphatic heterocycles. The maximum atomic E-state index is 11.5. The molecule has 0 aromatic carbocycles. The fourth-order valence-corrected chi connectivity index (χ4v) is 2.71. The zero-order valence-corrected chi connectivity index (χ0v) is 9.84. The van der Waals surface area contributed by atoms with Gasteiger partial charge in [-0.1, -0.05) is 0 Å². The van der Waals surface area contributed by atoms with E-state index in [1.807, 2.05) is 0 Å². The predicted octanol–water partition coefficient (Wildman–Crippen LogP) is 0.452. The Morgan fingerprint density at radius 2 is 2.00 bits per heavy atom. The summed E-state index contributed by atoms with van der Waals surface area (Å²) in [6.45, 7) is 1.80. The molecule has 2 N–H and O–H groups in total. The van der Waals surface area contributed by atoms with E-state index in [9.17, 15) is 9.59 Å². The molecule has 82 valence electrons. The van der Waals surface area contributed by atoms with Crippen LogP contribution in [0.5, 0.6) is 0 Å². The number of aliphatic carboxylic acids is 1. The summed E-state index contributed by atoms with van der Waals surface area (Å²) in [6.07, 6.45) is 0.373. The summed E-state index contributed by atoms with van der Waals surface area (Å²) in [5.41, 5.74) is 0.0153. The number of carbonyl (C=O) groups is 2. The number of hydrogen-bond acceptors (Lipinski definition) is 3. The van der Waals surface area contributed by atoms with Crippen molar-refractivity contribution in [3.05, 3.63) is 0 Å². The monoisotopic (exact) mass is 220 g/mol. The van der Waals surface area contributed by atoms with Crippen LogP contribution in [0.4, 0.5) is 4.79 Å². The highest BCUT2D eigenvalue weighted by atomic mass is 31.1. The largest absolute Gasteiger partial charge is 0.480 e. The van der Waals surface area contributed by atoms with E-state index in [-0.39, 0.29) is 5.65 Å². The number of nitrogens with one attached hydrogen (secondary N) is 1. The summed E-state index contributed by atoms with van der Waals surface area (Å²) in [7, 11) is 4.02. The number of rotatable bonds is 5. The molecule has 0 bridgehead atoms. The molecule has 0 fully saturated rings. The van der Waals surface area contributed by atoms with Crippen molar-refractivity contribution in [3.63, 3.8) is 0 Å². The number of carboxylic acids is 1. The van der Waals surface area contributed by atoms with Crippen LogP contribution in [0.15, 0.2) is 0 Å². The van der Waals surface area contributed by atoms with Gasteiger partial charge in [-0.2, -0.15) is 0 Å². The van der Waals surface area contributed by atoms with E-state index in [2.05, 4.69) is 5.32 Å². The van der Waals surface area contributed by atoms with Crippen LogP contribution in [0, 0.1) is 0 Å². The molecule has 2 unspecified atom stereocenters. The SMILES string of the molecule is CNC(CP(C)C(=O)N(C)C)C(=O)O. The van der Waals surface area contributed by atoms with E-state index >= 15 is 0 Å². The van der Waals surface area contributed by atoms with Crippen molar-refractivity contribution in [2.75, 3.05) is 34.0 Å². The van der Waals surface area contributed by atoms with Gasteiger partial charge >= 0.3 is 5.97 Å². The van der Waals surface area contributed by atoms with Crippen molar-refractivity contribution in [3.8, 4) is 0 Å². The van der Waals surface area contributed by atoms with Gasteiger partial charge in [-0.25, -0.2) is 0 Å². The number of carbonyl (C=O) groups excluding carboxylic acids is 1. The molecule has 0 spiro atoms. The standard InChI is InChI=1S/C8H17N2O3P/c1-9-6(7(11)12)5-14(4)8(13)10(2)3/h6,9H,5H2,1-4H3,(H,11,12). The first-order valence-corrected chi connectivity index (χ1v) is 6.20. The van der Waals surface area contributed by atoms with Gasteiger partial charge in [0.05, 0.1) is 0 Å². The van der Waals surface area contributed by atoms with Gasteiger partial charge in [0.1, 0.15) is 6.04 Å². The van der Waals surface area contributed by atoms with Crippen LogP contribution in [0.1, 0.15) is 0 Å². The smallest absolute Gasteiger partial charge is 0.321 e. The Morgan fingerprint density at radius 1 is 1.50 bits per heavy atom. The summed E-state index contributed by atoms with van der Waals surface area (Å²) < 4.78 is 0. The molecule has 1 amide bonds. The average molecular weight is 220 g/mol. The minimum atomic E-state index is -0.915. The Balaban J connectivity index is 4.22. The lowest BCUT2D eigenvalue weighted by Crippen LogP contribution is -2.37. The van der Waals surface area contributed by atoms with Crippen LogP contribution in [0.25, 0.3) is 0 Å². The minimum absolute atomic E-state index is 0.0153. The van der Waals surface area contributed by atoms with Crippen LogP contribution < -0.4 is 5.32 Å². The maximum absolute atomic E-state index is 11.5. The molecule has 6 heteroatoms. The fraction of sp³-hybridized carbons (Fsp3) is 0.750. The molecule has 0 aromatic rings. The quantitative estimate of drug-likeness (QED) is 0.660. The van der Waals surface area contributed by atoms with E-state index in [4.69, 9.17) is 5.11 Å². The van der Waals surface area contributed by atoms with E-state index in [0.29, 0.717) is 6.16 Å². The minimum Gasteiger partial charge on any atom is -0.480 e. The first kappa shape index (κ1) is 13.3. The second-order valence-corrected chi connectivity index (χ2v) is 5.38. The zero-order valence-electron chi connectivity index (χ0n) is 8.94. The van der Waals surface area contributed by atoms with Gasteiger partial charge in [0.15, 0.2) is 0 Å². The van der Waals surface area contributed by atoms with E-state index < -0.39 is 19.9 Å². The molecule has 0 saturated heterocycles. The number of nitrogens with zero attached hydrogens (tertiary/aromatic N) is 1. The molecular weight excluding hydrogens is 203 g/mol. The van der Waals surface area contributed by atoms with Crippen molar-refractivity contribution in [1.29, 1.82) is 0 Å². The first-order chi connectivity index (χ1) is 6.40. The second-order valence-electron chi connectivity index (χ2n) is 3.24. The Bertz CT molecular complexity index is 221. The number of amides is 1. The lowest BCUT2D eigenvalue weighted by molar-refractivity contribution is -0.138. The van der Waals surface area contributed by atoms with Gasteiger partial charge in [-0.05, 0) is 21.6 Å². The van der Waals surface area contributed by atoms with Gasteiger partial charge in [0, 0.05) is 20.3 Å². The zero-order chi connectivity index (χ0) is 11.3. The summed E-state index contributed by atoms with van der Waals surface area (Å²) in [6, 6.07) is -0.630. The Labute approximate surface area is 85.2 Å². The van der Waals surface area contributed by atoms with Crippen molar-refractivity contribution < 1.29 is 14.7 Å². The van der Waals surface area contributed by atoms with Crippen LogP contribution in [-0.2, 0) is 4.79 Å². The van der Waals surface area contributed by atoms with Crippen LogP contribution in [-0.4, -0.2) is 61.6 Å². The van der Waals surface area contributed by atoms with Gasteiger partial charge in [0.2, 0.25) is 5.65 Å². The number of carboxylic acid groups (broad SMARTS) is 1. The normalized spacial score (nSPS) is 14.6. The van der Waals surface area contributed by atoms with Crippen LogP contribution in [0.3, 0.4) is 0 Å². The third kappa shape index (κ3) is 4.03. The molecule has 14 heavy (non-hydrogen) atoms. The van der Waals surface area contributed by atoms with E-state index in [1.54, 1.807) is 27.8 Å². The highest BCUT2D eigenvalue weighted by molar-refractivity contribution is 7.74. The van der Waals surface area contributed by atoms with E-state index in [0.717, 1.165) is 0 Å². The molecule has 0 aliphatic rings. The predicted molar refractivity (Wildman–Crippen MR) is 57.3 cm³/mol. The molecule has 5 nitrogen and oxygen atoms in total. The van der Waals surface area contributed by atoms with Crippen molar-refractivity contribution in [2.24, 2.45) is 0 Å². The number of likely N-dealkylation sites (N-methyl/N-ethyl adjacent to an activating group) is 1. The van der Waals surface area contributed by atoms with Crippen molar-refractivity contribution in [1.82, 2.24) is 10.2 Å². The van der Waals surface area contributed by atoms with Gasteiger partial charge in [0.25, 0.3) is 0 Å². The summed E-state index contributed by atoms with van der Waals surface area (Å²) in [5, 5.41) is 11.4. The average Bonchev–Trinajstić information content (AvgIpc) is 2.11. The maximum Gasteiger partial charge on any atom is 0.321 e.